The first-order valence-electron chi connectivity index (χ1n) is 31.5. The molecule has 10 aliphatic rings. The first-order valence-corrected chi connectivity index (χ1v) is 31.5. The molecule has 10 fully saturated rings. The molecule has 88 heavy (non-hydrogen) atoms. The third-order valence-electron chi connectivity index (χ3n) is 22.7. The van der Waals surface area contributed by atoms with E-state index in [1.807, 2.05) is 13.8 Å². The van der Waals surface area contributed by atoms with Gasteiger partial charge in [0.15, 0.2) is 37.2 Å². The summed E-state index contributed by atoms with van der Waals surface area (Å²) in [7, 11) is 0. The number of aliphatic hydroxyl groups is 19. The lowest BCUT2D eigenvalue weighted by Gasteiger charge is -2.62. The Morgan fingerprint density at radius 2 is 0.966 bits per heavy atom. The van der Waals surface area contributed by atoms with Gasteiger partial charge in [-0.05, 0) is 92.8 Å². The molecule has 0 aromatic heterocycles. The highest BCUT2D eigenvalue weighted by Crippen LogP contribution is 2.71. The van der Waals surface area contributed by atoms with Crippen molar-refractivity contribution < 1.29 is 149 Å². The van der Waals surface area contributed by atoms with Crippen LogP contribution in [-0.2, 0) is 52.1 Å². The molecule has 38 atom stereocenters. The van der Waals surface area contributed by atoms with Crippen LogP contribution in [0.15, 0.2) is 0 Å². The van der Waals surface area contributed by atoms with Crippen molar-refractivity contribution in [2.45, 2.75) is 270 Å². The topological polar surface area (TPSA) is 486 Å². The highest BCUT2D eigenvalue weighted by atomic mass is 16.8. The maximum absolute atomic E-state index is 12.4. The van der Waals surface area contributed by atoms with Crippen LogP contribution in [0.1, 0.15) is 91.9 Å². The summed E-state index contributed by atoms with van der Waals surface area (Å²) >= 11 is 0. The lowest BCUT2D eigenvalue weighted by molar-refractivity contribution is -0.406. The van der Waals surface area contributed by atoms with Gasteiger partial charge in [-0.15, -0.1) is 0 Å². The highest BCUT2D eigenvalue weighted by Gasteiger charge is 2.71. The predicted molar refractivity (Wildman–Crippen MR) is 290 cm³/mol. The number of aliphatic hydroxyl groups excluding tert-OH is 18. The molecule has 6 aliphatic heterocycles. The molecule has 0 spiro atoms. The molecule has 10 rings (SSSR count). The highest BCUT2D eigenvalue weighted by molar-refractivity contribution is 5.18. The van der Waals surface area contributed by atoms with Crippen LogP contribution in [0.3, 0.4) is 0 Å². The van der Waals surface area contributed by atoms with Crippen LogP contribution in [0.2, 0.25) is 0 Å². The first-order chi connectivity index (χ1) is 41.7. The number of hydrogen-bond acceptors (Lipinski definition) is 30. The van der Waals surface area contributed by atoms with Crippen molar-refractivity contribution in [1.82, 2.24) is 0 Å². The van der Waals surface area contributed by atoms with E-state index in [1.165, 1.54) is 0 Å². The van der Waals surface area contributed by atoms with E-state index in [2.05, 4.69) is 13.8 Å². The van der Waals surface area contributed by atoms with Crippen LogP contribution in [0.4, 0.5) is 0 Å². The van der Waals surface area contributed by atoms with Crippen molar-refractivity contribution >= 4 is 0 Å². The van der Waals surface area contributed by atoms with E-state index in [0.29, 0.717) is 51.4 Å². The van der Waals surface area contributed by atoms with E-state index in [0.717, 1.165) is 12.8 Å². The lowest BCUT2D eigenvalue weighted by atomic mass is 9.43. The van der Waals surface area contributed by atoms with E-state index < -0.39 is 210 Å². The zero-order valence-corrected chi connectivity index (χ0v) is 50.0. The SMILES string of the molecule is C[C@@H](CCO[C@@H]1O[C@H](CO)[C@@H](O)[C@H](O)[C@H]1O)CCC1(O)OC2CC3C4CC[C@H]5CC(O[C@@H]6O[C@H](CO)[C@H](O[C@@H]7O[C@H](CO)[C@@H](O)[C@H](O[C@@H]8O[C@H](CO)[C@@H](O)[C@H](O)[C@H]8O)[C@H]7O[C@@H]7O[C@H](CO)[C@@H](O)[C@H](O)[C@H]7O)[C@H](O)[C@H]6O)CC[C@]5(C)C4C[C@@H](O)[C@]3(C)C2[C@@H]1C. The van der Waals surface area contributed by atoms with E-state index in [9.17, 15) is 97.0 Å². The van der Waals surface area contributed by atoms with Gasteiger partial charge in [-0.3, -0.25) is 0 Å². The molecule has 0 amide bonds. The molecule has 6 saturated heterocycles. The first kappa shape index (κ1) is 69.6. The summed E-state index contributed by atoms with van der Waals surface area (Å²) in [6, 6.07) is 0. The molecule has 7 unspecified atom stereocenters. The molecule has 0 aromatic rings. The third kappa shape index (κ3) is 12.7. The van der Waals surface area contributed by atoms with Crippen LogP contribution in [0, 0.1) is 52.3 Å². The minimum atomic E-state index is -2.07. The van der Waals surface area contributed by atoms with Crippen LogP contribution in [0.5, 0.6) is 0 Å². The molecule has 510 valence electrons. The van der Waals surface area contributed by atoms with Crippen molar-refractivity contribution in [3.63, 3.8) is 0 Å². The van der Waals surface area contributed by atoms with E-state index in [1.54, 1.807) is 0 Å². The fraction of sp³-hybridized carbons (Fsp3) is 1.00. The van der Waals surface area contributed by atoms with Crippen molar-refractivity contribution in [3.8, 4) is 0 Å². The Morgan fingerprint density at radius 3 is 1.55 bits per heavy atom. The zero-order valence-electron chi connectivity index (χ0n) is 50.0. The summed E-state index contributed by atoms with van der Waals surface area (Å²) in [5.41, 5.74) is -0.744. The second-order valence-electron chi connectivity index (χ2n) is 27.5. The number of fused-ring (bicyclic) bond motifs is 7. The maximum Gasteiger partial charge on any atom is 0.187 e. The summed E-state index contributed by atoms with van der Waals surface area (Å²) in [5, 5.41) is 205. The average Bonchev–Trinajstić information content (AvgIpc) is 1.48. The normalized spacial score (nSPS) is 55.1. The second-order valence-corrected chi connectivity index (χ2v) is 27.5. The molecule has 6 heterocycles. The smallest absolute Gasteiger partial charge is 0.187 e. The van der Waals surface area contributed by atoms with Crippen LogP contribution in [0.25, 0.3) is 0 Å². The van der Waals surface area contributed by atoms with Crippen LogP contribution in [-0.4, -0.2) is 314 Å². The van der Waals surface area contributed by atoms with Gasteiger partial charge < -0.3 is 149 Å². The third-order valence-corrected chi connectivity index (χ3v) is 22.7. The van der Waals surface area contributed by atoms with Crippen molar-refractivity contribution in [3.05, 3.63) is 0 Å². The molecule has 19 N–H and O–H groups in total. The van der Waals surface area contributed by atoms with E-state index >= 15 is 0 Å². The molecule has 30 nitrogen and oxygen atoms in total. The fourth-order valence-electron chi connectivity index (χ4n) is 17.3. The minimum Gasteiger partial charge on any atom is -0.394 e. The number of ether oxygens (including phenoxy) is 11. The van der Waals surface area contributed by atoms with Gasteiger partial charge >= 0.3 is 0 Å². The summed E-state index contributed by atoms with van der Waals surface area (Å²) in [4.78, 5) is 0. The van der Waals surface area contributed by atoms with E-state index in [4.69, 9.17) is 52.1 Å². The molecular formula is C58H98O30. The van der Waals surface area contributed by atoms with Gasteiger partial charge in [0.1, 0.15) is 122 Å². The molecular weight excluding hydrogens is 1180 g/mol. The monoisotopic (exact) mass is 1270 g/mol. The van der Waals surface area contributed by atoms with Gasteiger partial charge in [-0.1, -0.05) is 27.7 Å². The second kappa shape index (κ2) is 27.9. The molecule has 0 bridgehead atoms. The lowest BCUT2D eigenvalue weighted by Crippen LogP contribution is -2.68. The Kier molecular flexibility index (Phi) is 22.0. The Bertz CT molecular complexity index is 2240. The Morgan fingerprint density at radius 1 is 0.477 bits per heavy atom. The molecule has 4 saturated carbocycles. The molecule has 30 heteroatoms. The van der Waals surface area contributed by atoms with Gasteiger partial charge in [0.2, 0.25) is 0 Å². The standard InChI is InChI=1S/C58H98O30/c1-21(9-12-78-51-44(73)40(69)36(65)29(16-59)80-51)7-11-58(77)22(2)35-28(88-58)14-27-25-6-5-23-13-24(8-10-56(23,3)26(25)15-34(64)57(27,35)4)79-52-47(76)43(72)48(33(20-63)84-52)85-55-50(87-54-46(75)42(71)38(67)31(18-61)82-54)49(39(68)32(19-62)83-55)86-53-45(74)41(70)37(66)30(17-60)81-53/h21-55,59-77H,5-20H2,1-4H3/t21-,22+,23+,24?,25?,26?,27?,28?,29-,30-,31-,32-,33-,34-,35?,36-,37-,38-,39-,40+,41+,42+,43-,44-,45-,46-,47-,48+,49+,50-,51-,52-,53+,54+,55+,56+,57-,58?/m1/s1. The Hall–Kier alpha value is -1.20. The van der Waals surface area contributed by atoms with Crippen molar-refractivity contribution in [1.29, 1.82) is 0 Å². The van der Waals surface area contributed by atoms with Crippen molar-refractivity contribution in [2.24, 2.45) is 52.3 Å². The van der Waals surface area contributed by atoms with Gasteiger partial charge in [-0.25, -0.2) is 0 Å². The Balaban J connectivity index is 0.766. The fourth-order valence-corrected chi connectivity index (χ4v) is 17.3. The Labute approximate surface area is 509 Å². The minimum absolute atomic E-state index is 0.0508. The van der Waals surface area contributed by atoms with Gasteiger partial charge in [-0.2, -0.15) is 0 Å². The summed E-state index contributed by atoms with van der Waals surface area (Å²) in [6.45, 7) is 4.49. The van der Waals surface area contributed by atoms with Crippen molar-refractivity contribution in [2.75, 3.05) is 39.6 Å². The van der Waals surface area contributed by atoms with Gasteiger partial charge in [0, 0.05) is 23.7 Å². The van der Waals surface area contributed by atoms with Gasteiger partial charge in [0.25, 0.3) is 0 Å². The predicted octanol–water partition coefficient (Wildman–Crippen LogP) is -6.77. The van der Waals surface area contributed by atoms with Crippen LogP contribution >= 0.6 is 0 Å². The molecule has 0 aromatic carbocycles. The maximum atomic E-state index is 12.4. The zero-order chi connectivity index (χ0) is 63.8. The summed E-state index contributed by atoms with van der Waals surface area (Å²) < 4.78 is 65.8. The summed E-state index contributed by atoms with van der Waals surface area (Å²) in [6.07, 6.45) is -38.9. The molecule has 0 radical (unpaired) electrons. The quantitative estimate of drug-likeness (QED) is 0.0504. The van der Waals surface area contributed by atoms with E-state index in [-0.39, 0.29) is 59.6 Å². The molecule has 4 aliphatic carbocycles. The van der Waals surface area contributed by atoms with Gasteiger partial charge in [0.05, 0.1) is 58.0 Å². The van der Waals surface area contributed by atoms with Crippen LogP contribution < -0.4 is 0 Å². The average molecular weight is 1280 g/mol. The summed E-state index contributed by atoms with van der Waals surface area (Å²) in [5.74, 6) is -1.10. The largest absolute Gasteiger partial charge is 0.394 e. The number of hydrogen-bond donors (Lipinski definition) is 19. The number of rotatable bonds is 20.